The summed E-state index contributed by atoms with van der Waals surface area (Å²) in [6, 6.07) is 17.8. The third-order valence-electron chi connectivity index (χ3n) is 3.89. The Morgan fingerprint density at radius 2 is 1.96 bits per heavy atom. The number of nitrogens with one attached hydrogen (secondary N) is 1. The van der Waals surface area contributed by atoms with E-state index in [0.717, 1.165) is 33.6 Å². The number of ether oxygens (including phenoxy) is 1. The first-order valence-electron chi connectivity index (χ1n) is 7.87. The van der Waals surface area contributed by atoms with Crippen molar-refractivity contribution in [2.45, 2.75) is 6.10 Å². The van der Waals surface area contributed by atoms with Crippen molar-refractivity contribution >= 4 is 16.6 Å². The van der Waals surface area contributed by atoms with Crippen LogP contribution in [-0.2, 0) is 0 Å². The van der Waals surface area contributed by atoms with E-state index in [4.69, 9.17) is 15.5 Å². The van der Waals surface area contributed by atoms with Crippen LogP contribution < -0.4 is 15.8 Å². The molecule has 2 aromatic carbocycles. The first-order valence-corrected chi connectivity index (χ1v) is 7.87. The van der Waals surface area contributed by atoms with Crippen LogP contribution in [0.3, 0.4) is 0 Å². The summed E-state index contributed by atoms with van der Waals surface area (Å²) >= 11 is 0. The molecule has 0 unspecified atom stereocenters. The number of aliphatic hydroxyl groups is 1. The van der Waals surface area contributed by atoms with E-state index in [0.29, 0.717) is 6.54 Å². The summed E-state index contributed by atoms with van der Waals surface area (Å²) in [6.45, 7) is 0.602. The number of methoxy groups -OCH3 is 1. The van der Waals surface area contributed by atoms with Gasteiger partial charge in [-0.25, -0.2) is 4.98 Å². The molecule has 0 spiro atoms. The lowest BCUT2D eigenvalue weighted by Gasteiger charge is -2.15. The number of aromatic nitrogens is 1. The van der Waals surface area contributed by atoms with Gasteiger partial charge in [-0.3, -0.25) is 0 Å². The van der Waals surface area contributed by atoms with Gasteiger partial charge in [-0.05, 0) is 18.2 Å². The number of nitrogens with zero attached hydrogens (tertiary/aromatic N) is 1. The van der Waals surface area contributed by atoms with Gasteiger partial charge in [0.05, 0.1) is 24.4 Å². The molecule has 3 aromatic rings. The van der Waals surface area contributed by atoms with E-state index in [2.05, 4.69) is 5.32 Å². The topological polar surface area (TPSA) is 80.4 Å². The van der Waals surface area contributed by atoms with Crippen molar-refractivity contribution in [1.82, 2.24) is 4.98 Å². The highest BCUT2D eigenvalue weighted by molar-refractivity contribution is 5.94. The van der Waals surface area contributed by atoms with Gasteiger partial charge >= 0.3 is 0 Å². The first-order chi connectivity index (χ1) is 11.7. The van der Waals surface area contributed by atoms with Crippen LogP contribution in [0.4, 0.5) is 5.69 Å². The Labute approximate surface area is 141 Å². The Morgan fingerprint density at radius 3 is 2.67 bits per heavy atom. The normalized spacial score (nSPS) is 12.1. The maximum Gasteiger partial charge on any atom is 0.121 e. The summed E-state index contributed by atoms with van der Waals surface area (Å²) in [5.41, 5.74) is 9.13. The number of rotatable bonds is 6. The summed E-state index contributed by atoms with van der Waals surface area (Å²) in [4.78, 5) is 4.75. The summed E-state index contributed by atoms with van der Waals surface area (Å²) < 4.78 is 5.31. The molecule has 24 heavy (non-hydrogen) atoms. The number of anilines is 1. The minimum absolute atomic E-state index is 0.218. The van der Waals surface area contributed by atoms with E-state index >= 15 is 0 Å². The second kappa shape index (κ2) is 7.29. The molecular formula is C19H21N3O2. The summed E-state index contributed by atoms with van der Waals surface area (Å²) in [5, 5.41) is 14.0. The first kappa shape index (κ1) is 16.2. The van der Waals surface area contributed by atoms with Crippen molar-refractivity contribution in [2.75, 3.05) is 25.5 Å². The van der Waals surface area contributed by atoms with Gasteiger partial charge in [-0.15, -0.1) is 0 Å². The predicted octanol–water partition coefficient (Wildman–Crippen LogP) is 2.64. The fourth-order valence-corrected chi connectivity index (χ4v) is 2.55. The van der Waals surface area contributed by atoms with E-state index in [9.17, 15) is 5.11 Å². The molecule has 5 nitrogen and oxygen atoms in total. The third-order valence-corrected chi connectivity index (χ3v) is 3.89. The van der Waals surface area contributed by atoms with Gasteiger partial charge in [0, 0.05) is 35.8 Å². The van der Waals surface area contributed by atoms with Crippen LogP contribution in [0.25, 0.3) is 22.2 Å². The molecule has 0 saturated heterocycles. The highest BCUT2D eigenvalue weighted by Gasteiger charge is 2.10. The molecule has 0 aliphatic rings. The number of pyridine rings is 1. The van der Waals surface area contributed by atoms with Crippen LogP contribution in [0.15, 0.2) is 54.6 Å². The van der Waals surface area contributed by atoms with Gasteiger partial charge in [-0.2, -0.15) is 0 Å². The zero-order valence-electron chi connectivity index (χ0n) is 13.6. The van der Waals surface area contributed by atoms with Crippen LogP contribution in [0.2, 0.25) is 0 Å². The van der Waals surface area contributed by atoms with Crippen LogP contribution in [0, 0.1) is 0 Å². The number of hydrogen-bond donors (Lipinski definition) is 3. The highest BCUT2D eigenvalue weighted by atomic mass is 16.5. The number of hydrogen-bond acceptors (Lipinski definition) is 5. The highest BCUT2D eigenvalue weighted by Crippen LogP contribution is 2.30. The zero-order chi connectivity index (χ0) is 16.9. The Bertz CT molecular complexity index is 821. The zero-order valence-corrected chi connectivity index (χ0v) is 13.6. The molecule has 0 aliphatic carbocycles. The minimum Gasteiger partial charge on any atom is -0.497 e. The quantitative estimate of drug-likeness (QED) is 0.650. The molecule has 0 bridgehead atoms. The molecule has 4 N–H and O–H groups in total. The van der Waals surface area contributed by atoms with Crippen molar-refractivity contribution in [3.63, 3.8) is 0 Å². The molecule has 0 saturated carbocycles. The monoisotopic (exact) mass is 323 g/mol. The molecule has 1 heterocycles. The van der Waals surface area contributed by atoms with E-state index in [1.54, 1.807) is 7.11 Å². The maximum absolute atomic E-state index is 9.74. The molecule has 124 valence electrons. The Morgan fingerprint density at radius 1 is 1.17 bits per heavy atom. The van der Waals surface area contributed by atoms with E-state index < -0.39 is 6.10 Å². The molecule has 0 fully saturated rings. The van der Waals surface area contributed by atoms with Crippen molar-refractivity contribution in [3.8, 4) is 17.0 Å². The lowest BCUT2D eigenvalue weighted by atomic mass is 10.1. The molecule has 1 aromatic heterocycles. The number of benzene rings is 2. The van der Waals surface area contributed by atoms with Crippen LogP contribution in [0.5, 0.6) is 5.75 Å². The van der Waals surface area contributed by atoms with Gasteiger partial charge in [0.1, 0.15) is 5.75 Å². The van der Waals surface area contributed by atoms with Crippen molar-refractivity contribution < 1.29 is 9.84 Å². The number of aliphatic hydroxyl groups excluding tert-OH is 1. The average molecular weight is 323 g/mol. The summed E-state index contributed by atoms with van der Waals surface area (Å²) in [5.74, 6) is 0.758. The third kappa shape index (κ3) is 3.48. The van der Waals surface area contributed by atoms with E-state index in [-0.39, 0.29) is 6.54 Å². The van der Waals surface area contributed by atoms with Crippen molar-refractivity contribution in [3.05, 3.63) is 54.6 Å². The minimum atomic E-state index is -0.591. The summed E-state index contributed by atoms with van der Waals surface area (Å²) in [7, 11) is 1.64. The van der Waals surface area contributed by atoms with Crippen LogP contribution in [0.1, 0.15) is 0 Å². The van der Waals surface area contributed by atoms with Crippen molar-refractivity contribution in [2.24, 2.45) is 5.73 Å². The lowest BCUT2D eigenvalue weighted by molar-refractivity contribution is 0.196. The van der Waals surface area contributed by atoms with E-state index in [1.165, 1.54) is 0 Å². The number of fused-ring (bicyclic) bond motifs is 1. The van der Waals surface area contributed by atoms with Gasteiger partial charge in [0.2, 0.25) is 0 Å². The van der Waals surface area contributed by atoms with Crippen LogP contribution in [-0.4, -0.2) is 36.4 Å². The average Bonchev–Trinajstić information content (AvgIpc) is 2.65. The smallest absolute Gasteiger partial charge is 0.121 e. The second-order valence-electron chi connectivity index (χ2n) is 5.57. The van der Waals surface area contributed by atoms with Crippen molar-refractivity contribution in [1.29, 1.82) is 0 Å². The predicted molar refractivity (Wildman–Crippen MR) is 97.3 cm³/mol. The fourth-order valence-electron chi connectivity index (χ4n) is 2.55. The van der Waals surface area contributed by atoms with Gasteiger partial charge < -0.3 is 20.9 Å². The van der Waals surface area contributed by atoms with Gasteiger partial charge in [-0.1, -0.05) is 30.3 Å². The Balaban J connectivity index is 2.09. The standard InChI is InChI=1S/C19H21N3O2/c1-24-15-7-8-16-18(21-12-14(23)11-20)10-17(22-19(16)9-15)13-5-3-2-4-6-13/h2-10,14,23H,11-12,20H2,1H3,(H,21,22)/t14-/m0/s1. The Kier molecular flexibility index (Phi) is 4.93. The second-order valence-corrected chi connectivity index (χ2v) is 5.57. The molecular weight excluding hydrogens is 302 g/mol. The van der Waals surface area contributed by atoms with Gasteiger partial charge in [0.25, 0.3) is 0 Å². The molecule has 3 rings (SSSR count). The molecule has 0 amide bonds. The largest absolute Gasteiger partial charge is 0.497 e. The molecule has 1 atom stereocenters. The molecule has 5 heteroatoms. The lowest BCUT2D eigenvalue weighted by Crippen LogP contribution is -2.27. The maximum atomic E-state index is 9.74. The van der Waals surface area contributed by atoms with Gasteiger partial charge in [0.15, 0.2) is 0 Å². The Hall–Kier alpha value is -2.63. The summed E-state index contributed by atoms with van der Waals surface area (Å²) in [6.07, 6.45) is -0.591. The SMILES string of the molecule is COc1ccc2c(NC[C@@H](O)CN)cc(-c3ccccc3)nc2c1. The molecule has 0 radical (unpaired) electrons. The van der Waals surface area contributed by atoms with Crippen LogP contribution >= 0.6 is 0 Å². The fraction of sp³-hybridized carbons (Fsp3) is 0.211. The number of nitrogens with two attached hydrogens (primary N) is 1. The van der Waals surface area contributed by atoms with E-state index in [1.807, 2.05) is 54.6 Å². The molecule has 0 aliphatic heterocycles.